The number of aryl methyl sites for hydroxylation is 1. The minimum atomic E-state index is -3.52. The second-order valence-electron chi connectivity index (χ2n) is 7.53. The fourth-order valence-electron chi connectivity index (χ4n) is 4.30. The van der Waals surface area contributed by atoms with Crippen molar-refractivity contribution in [1.29, 1.82) is 0 Å². The Balaban J connectivity index is 1.47. The van der Waals surface area contributed by atoms with Crippen LogP contribution in [-0.4, -0.2) is 54.3 Å². The predicted octanol–water partition coefficient (Wildman–Crippen LogP) is 2.68. The maximum atomic E-state index is 13.1. The zero-order valence-electron chi connectivity index (χ0n) is 15.8. The summed E-state index contributed by atoms with van der Waals surface area (Å²) < 4.78 is 29.8. The summed E-state index contributed by atoms with van der Waals surface area (Å²) in [5.41, 5.74) is 1.05. The van der Waals surface area contributed by atoms with Crippen molar-refractivity contribution in [3.05, 3.63) is 30.5 Å². The van der Waals surface area contributed by atoms with Crippen LogP contribution >= 0.6 is 0 Å². The summed E-state index contributed by atoms with van der Waals surface area (Å²) in [6, 6.07) is 7.30. The van der Waals surface area contributed by atoms with Gasteiger partial charge in [0, 0.05) is 55.7 Å². The number of hydrogen-bond acceptors (Lipinski definition) is 3. The van der Waals surface area contributed by atoms with E-state index in [1.807, 2.05) is 23.2 Å². The van der Waals surface area contributed by atoms with E-state index < -0.39 is 10.0 Å². The third kappa shape index (κ3) is 3.38. The summed E-state index contributed by atoms with van der Waals surface area (Å²) in [7, 11) is -3.52. The van der Waals surface area contributed by atoms with E-state index in [0.717, 1.165) is 43.4 Å². The van der Waals surface area contributed by atoms with Gasteiger partial charge in [0.1, 0.15) is 0 Å². The maximum absolute atomic E-state index is 13.1. The van der Waals surface area contributed by atoms with Crippen molar-refractivity contribution < 1.29 is 13.2 Å². The lowest BCUT2D eigenvalue weighted by molar-refractivity contribution is -0.135. The highest BCUT2D eigenvalue weighted by atomic mass is 32.2. The number of amides is 1. The van der Waals surface area contributed by atoms with E-state index >= 15 is 0 Å². The summed E-state index contributed by atoms with van der Waals surface area (Å²) >= 11 is 0. The van der Waals surface area contributed by atoms with Crippen molar-refractivity contribution in [2.45, 2.75) is 44.0 Å². The van der Waals surface area contributed by atoms with E-state index in [1.54, 1.807) is 16.4 Å². The molecule has 2 aromatic rings. The number of fused-ring (bicyclic) bond motifs is 1. The van der Waals surface area contributed by atoms with E-state index in [0.29, 0.717) is 30.8 Å². The highest BCUT2D eigenvalue weighted by Gasteiger charge is 2.34. The van der Waals surface area contributed by atoms with Gasteiger partial charge in [0.05, 0.1) is 4.90 Å². The van der Waals surface area contributed by atoms with Crippen LogP contribution in [0.3, 0.4) is 0 Å². The Hall–Kier alpha value is -1.86. The second-order valence-corrected chi connectivity index (χ2v) is 9.47. The normalized spacial score (nSPS) is 19.8. The molecular formula is C20H27N3O3S. The standard InChI is InChI=1S/C20H27N3O3S/c1-2-21-12-7-17-15-18(5-6-19(17)21)27(25,26)23-13-8-16(9-14-23)20(24)22-10-3-4-11-22/h5-7,12,15-16H,2-4,8-11,13-14H2,1H3. The number of carbonyl (C=O) groups excluding carboxylic acids is 1. The van der Waals surface area contributed by atoms with Gasteiger partial charge in [0.2, 0.25) is 15.9 Å². The first kappa shape index (κ1) is 18.5. The molecule has 7 heteroatoms. The van der Waals surface area contributed by atoms with E-state index in [2.05, 4.69) is 11.5 Å². The molecule has 27 heavy (non-hydrogen) atoms. The van der Waals surface area contributed by atoms with Gasteiger partial charge in [-0.2, -0.15) is 4.31 Å². The van der Waals surface area contributed by atoms with Gasteiger partial charge in [0.15, 0.2) is 0 Å². The Bertz CT molecular complexity index is 937. The maximum Gasteiger partial charge on any atom is 0.243 e. The average molecular weight is 390 g/mol. The van der Waals surface area contributed by atoms with Crippen molar-refractivity contribution in [3.63, 3.8) is 0 Å². The Kier molecular flexibility index (Phi) is 4.99. The number of piperidine rings is 1. The Labute approximate surface area is 160 Å². The van der Waals surface area contributed by atoms with Crippen LogP contribution in [0.25, 0.3) is 10.9 Å². The SMILES string of the molecule is CCn1ccc2cc(S(=O)(=O)N3CCC(C(=O)N4CCCC4)CC3)ccc21. The van der Waals surface area contributed by atoms with Gasteiger partial charge in [-0.3, -0.25) is 4.79 Å². The molecule has 1 amide bonds. The van der Waals surface area contributed by atoms with Crippen molar-refractivity contribution in [3.8, 4) is 0 Å². The van der Waals surface area contributed by atoms with Gasteiger partial charge in [0.25, 0.3) is 0 Å². The molecule has 0 saturated carbocycles. The minimum Gasteiger partial charge on any atom is -0.348 e. The Morgan fingerprint density at radius 3 is 2.44 bits per heavy atom. The molecule has 0 aliphatic carbocycles. The van der Waals surface area contributed by atoms with Crippen molar-refractivity contribution >= 4 is 26.8 Å². The van der Waals surface area contributed by atoms with Crippen LogP contribution in [0.1, 0.15) is 32.6 Å². The Morgan fingerprint density at radius 1 is 1.07 bits per heavy atom. The zero-order chi connectivity index (χ0) is 19.0. The fourth-order valence-corrected chi connectivity index (χ4v) is 5.81. The van der Waals surface area contributed by atoms with Crippen molar-refractivity contribution in [2.24, 2.45) is 5.92 Å². The monoisotopic (exact) mass is 389 g/mol. The quantitative estimate of drug-likeness (QED) is 0.808. The van der Waals surface area contributed by atoms with Crippen molar-refractivity contribution in [1.82, 2.24) is 13.8 Å². The topological polar surface area (TPSA) is 62.6 Å². The smallest absolute Gasteiger partial charge is 0.243 e. The molecule has 0 bridgehead atoms. The third-order valence-corrected chi connectivity index (χ3v) is 7.84. The molecule has 2 aliphatic rings. The van der Waals surface area contributed by atoms with Crippen LogP contribution in [-0.2, 0) is 21.4 Å². The van der Waals surface area contributed by atoms with Crippen LogP contribution in [0.4, 0.5) is 0 Å². The molecule has 1 aromatic carbocycles. The number of hydrogen-bond donors (Lipinski definition) is 0. The summed E-state index contributed by atoms with van der Waals surface area (Å²) in [5, 5.41) is 0.942. The summed E-state index contributed by atoms with van der Waals surface area (Å²) in [6.45, 7) is 5.47. The van der Waals surface area contributed by atoms with Gasteiger partial charge in [-0.1, -0.05) is 0 Å². The molecule has 2 aliphatic heterocycles. The van der Waals surface area contributed by atoms with Gasteiger partial charge in [-0.15, -0.1) is 0 Å². The molecule has 0 radical (unpaired) electrons. The number of nitrogens with zero attached hydrogens (tertiary/aromatic N) is 3. The highest BCUT2D eigenvalue weighted by Crippen LogP contribution is 2.28. The molecule has 0 spiro atoms. The van der Waals surface area contributed by atoms with Crippen LogP contribution in [0.2, 0.25) is 0 Å². The lowest BCUT2D eigenvalue weighted by Crippen LogP contribution is -2.43. The number of aromatic nitrogens is 1. The number of likely N-dealkylation sites (tertiary alicyclic amines) is 1. The van der Waals surface area contributed by atoms with Gasteiger partial charge < -0.3 is 9.47 Å². The molecule has 2 fully saturated rings. The predicted molar refractivity (Wildman–Crippen MR) is 105 cm³/mol. The first-order valence-electron chi connectivity index (χ1n) is 9.88. The molecule has 1 aromatic heterocycles. The summed E-state index contributed by atoms with van der Waals surface area (Å²) in [6.07, 6.45) is 5.38. The fraction of sp³-hybridized carbons (Fsp3) is 0.550. The van der Waals surface area contributed by atoms with Gasteiger partial charge in [-0.25, -0.2) is 8.42 Å². The van der Waals surface area contributed by atoms with Crippen LogP contribution in [0.15, 0.2) is 35.4 Å². The third-order valence-electron chi connectivity index (χ3n) is 5.94. The molecule has 0 unspecified atom stereocenters. The van der Waals surface area contributed by atoms with Crippen LogP contribution in [0, 0.1) is 5.92 Å². The average Bonchev–Trinajstić information content (AvgIpc) is 3.36. The van der Waals surface area contributed by atoms with E-state index in [4.69, 9.17) is 0 Å². The Morgan fingerprint density at radius 2 is 1.78 bits per heavy atom. The van der Waals surface area contributed by atoms with Crippen molar-refractivity contribution in [2.75, 3.05) is 26.2 Å². The van der Waals surface area contributed by atoms with E-state index in [-0.39, 0.29) is 11.8 Å². The molecule has 4 rings (SSSR count). The number of rotatable bonds is 4. The molecule has 0 atom stereocenters. The molecule has 6 nitrogen and oxygen atoms in total. The lowest BCUT2D eigenvalue weighted by Gasteiger charge is -2.32. The first-order valence-corrected chi connectivity index (χ1v) is 11.3. The molecule has 2 saturated heterocycles. The molecular weight excluding hydrogens is 362 g/mol. The van der Waals surface area contributed by atoms with Gasteiger partial charge >= 0.3 is 0 Å². The van der Waals surface area contributed by atoms with Gasteiger partial charge in [-0.05, 0) is 56.9 Å². The number of carbonyl (C=O) groups is 1. The van der Waals surface area contributed by atoms with Crippen LogP contribution in [0.5, 0.6) is 0 Å². The molecule has 0 N–H and O–H groups in total. The minimum absolute atomic E-state index is 0.0318. The van der Waals surface area contributed by atoms with Crippen LogP contribution < -0.4 is 0 Å². The first-order chi connectivity index (χ1) is 13.0. The number of sulfonamides is 1. The van der Waals surface area contributed by atoms with E-state index in [1.165, 1.54) is 0 Å². The number of benzene rings is 1. The van der Waals surface area contributed by atoms with E-state index in [9.17, 15) is 13.2 Å². The lowest BCUT2D eigenvalue weighted by atomic mass is 9.97. The molecule has 146 valence electrons. The molecule has 3 heterocycles. The summed E-state index contributed by atoms with van der Waals surface area (Å²) in [5.74, 6) is 0.183. The highest BCUT2D eigenvalue weighted by molar-refractivity contribution is 7.89. The largest absolute Gasteiger partial charge is 0.348 e. The second kappa shape index (κ2) is 7.28. The summed E-state index contributed by atoms with van der Waals surface area (Å²) in [4.78, 5) is 14.8. The zero-order valence-corrected chi connectivity index (χ0v) is 16.6.